The largest absolute Gasteiger partial charge is 0.396 e. The first-order chi connectivity index (χ1) is 9.45. The average molecular weight is 282 g/mol. The second-order valence-electron chi connectivity index (χ2n) is 4.00. The third kappa shape index (κ3) is 4.28. The quantitative estimate of drug-likeness (QED) is 0.447. The van der Waals surface area contributed by atoms with Crippen molar-refractivity contribution in [2.75, 3.05) is 12.0 Å². The number of non-ortho nitro benzene ring substituents is 1. The van der Waals surface area contributed by atoms with Crippen LogP contribution in [0.2, 0.25) is 0 Å². The molecule has 20 heavy (non-hydrogen) atoms. The predicted octanol–water partition coefficient (Wildman–Crippen LogP) is 2.06. The zero-order valence-corrected chi connectivity index (χ0v) is 10.8. The Balaban J connectivity index is 2.95. The minimum absolute atomic E-state index is 0.0323. The van der Waals surface area contributed by atoms with Crippen molar-refractivity contribution in [3.05, 3.63) is 38.4 Å². The number of hydrogen-bond acceptors (Lipinski definition) is 7. The molecule has 9 nitrogen and oxygen atoms in total. The number of rotatable bonds is 7. The summed E-state index contributed by atoms with van der Waals surface area (Å²) in [4.78, 5) is 20.0. The molecular weight excluding hydrogens is 268 g/mol. The molecule has 2 N–H and O–H groups in total. The number of aliphatic hydroxyl groups is 1. The van der Waals surface area contributed by atoms with Crippen molar-refractivity contribution in [2.24, 2.45) is 5.10 Å². The molecule has 0 heterocycles. The van der Waals surface area contributed by atoms with Crippen LogP contribution in [0.1, 0.15) is 19.8 Å². The van der Waals surface area contributed by atoms with E-state index in [9.17, 15) is 20.2 Å². The minimum Gasteiger partial charge on any atom is -0.396 e. The maximum atomic E-state index is 10.9. The van der Waals surface area contributed by atoms with Crippen LogP contribution in [0.15, 0.2) is 23.3 Å². The second kappa shape index (κ2) is 7.14. The molecule has 1 aromatic carbocycles. The van der Waals surface area contributed by atoms with E-state index in [1.807, 2.05) is 0 Å². The molecular formula is C11H14N4O5. The van der Waals surface area contributed by atoms with Gasteiger partial charge in [0.15, 0.2) is 0 Å². The molecule has 0 amide bonds. The van der Waals surface area contributed by atoms with Crippen molar-refractivity contribution in [1.29, 1.82) is 0 Å². The van der Waals surface area contributed by atoms with Crippen molar-refractivity contribution in [1.82, 2.24) is 0 Å². The maximum absolute atomic E-state index is 10.9. The molecule has 0 fully saturated rings. The first kappa shape index (κ1) is 15.5. The summed E-state index contributed by atoms with van der Waals surface area (Å²) in [6, 6.07) is 3.27. The summed E-state index contributed by atoms with van der Waals surface area (Å²) in [7, 11) is 0. The number of aliphatic hydroxyl groups excluding tert-OH is 1. The van der Waals surface area contributed by atoms with E-state index in [0.717, 1.165) is 12.1 Å². The van der Waals surface area contributed by atoms with Crippen molar-refractivity contribution in [2.45, 2.75) is 19.8 Å². The zero-order valence-electron chi connectivity index (χ0n) is 10.8. The van der Waals surface area contributed by atoms with E-state index in [2.05, 4.69) is 10.5 Å². The van der Waals surface area contributed by atoms with Gasteiger partial charge >= 0.3 is 5.69 Å². The van der Waals surface area contributed by atoms with Gasteiger partial charge in [-0.3, -0.25) is 25.7 Å². The highest BCUT2D eigenvalue weighted by Crippen LogP contribution is 2.28. The van der Waals surface area contributed by atoms with Crippen molar-refractivity contribution >= 4 is 22.8 Å². The summed E-state index contributed by atoms with van der Waals surface area (Å²) in [5.74, 6) is 0. The van der Waals surface area contributed by atoms with Gasteiger partial charge in [0.2, 0.25) is 0 Å². The summed E-state index contributed by atoms with van der Waals surface area (Å²) >= 11 is 0. The zero-order chi connectivity index (χ0) is 15.1. The summed E-state index contributed by atoms with van der Waals surface area (Å²) in [5, 5.41) is 34.1. The fourth-order valence-corrected chi connectivity index (χ4v) is 1.43. The molecule has 9 heteroatoms. The molecule has 0 radical (unpaired) electrons. The molecule has 108 valence electrons. The van der Waals surface area contributed by atoms with Crippen molar-refractivity contribution < 1.29 is 15.0 Å². The Morgan fingerprint density at radius 3 is 2.60 bits per heavy atom. The first-order valence-corrected chi connectivity index (χ1v) is 5.78. The number of nitrogens with zero attached hydrogens (tertiary/aromatic N) is 3. The number of nitro benzene ring substituents is 2. The van der Waals surface area contributed by atoms with Crippen LogP contribution in [0, 0.1) is 20.2 Å². The average Bonchev–Trinajstić information content (AvgIpc) is 2.42. The van der Waals surface area contributed by atoms with E-state index in [4.69, 9.17) is 5.11 Å². The Morgan fingerprint density at radius 1 is 1.35 bits per heavy atom. The fraction of sp³-hybridized carbons (Fsp3) is 0.364. The van der Waals surface area contributed by atoms with Crippen molar-refractivity contribution in [3.63, 3.8) is 0 Å². The molecule has 0 saturated heterocycles. The highest BCUT2D eigenvalue weighted by Gasteiger charge is 2.19. The topological polar surface area (TPSA) is 131 Å². The van der Waals surface area contributed by atoms with Crippen LogP contribution in [0.4, 0.5) is 17.1 Å². The number of anilines is 1. The predicted molar refractivity (Wildman–Crippen MR) is 72.8 cm³/mol. The van der Waals surface area contributed by atoms with Gasteiger partial charge in [-0.25, -0.2) is 0 Å². The Morgan fingerprint density at radius 2 is 2.05 bits per heavy atom. The molecule has 0 aliphatic heterocycles. The number of hydrogen-bond donors (Lipinski definition) is 2. The standard InChI is InChI=1S/C11H14N4O5/c1-8(3-2-6-16)12-13-10-5-4-9(14(17)18)7-11(10)15(19)20/h4-5,7,13,16H,2-3,6H2,1H3/b12-8+. The summed E-state index contributed by atoms with van der Waals surface area (Å²) in [6.45, 7) is 1.74. The van der Waals surface area contributed by atoms with Gasteiger partial charge in [0.05, 0.1) is 15.9 Å². The Labute approximate surface area is 114 Å². The molecule has 0 bridgehead atoms. The lowest BCUT2D eigenvalue weighted by Gasteiger charge is -2.04. The molecule has 0 spiro atoms. The van der Waals surface area contributed by atoms with Crippen LogP contribution < -0.4 is 5.43 Å². The molecule has 0 saturated carbocycles. The van der Waals surface area contributed by atoms with E-state index in [-0.39, 0.29) is 18.0 Å². The molecule has 0 aliphatic rings. The Kier molecular flexibility index (Phi) is 5.54. The SMILES string of the molecule is C/C(CCCO)=N\Nc1ccc([N+](=O)[O-])cc1[N+](=O)[O-]. The van der Waals surface area contributed by atoms with Gasteiger partial charge in [-0.1, -0.05) is 0 Å². The van der Waals surface area contributed by atoms with Gasteiger partial charge in [0.1, 0.15) is 5.69 Å². The smallest absolute Gasteiger partial charge is 0.301 e. The number of nitrogens with one attached hydrogen (secondary N) is 1. The number of hydrazone groups is 1. The Bertz CT molecular complexity index is 544. The van der Waals surface area contributed by atoms with Crippen LogP contribution in [-0.4, -0.2) is 27.3 Å². The second-order valence-corrected chi connectivity index (χ2v) is 4.00. The highest BCUT2D eigenvalue weighted by molar-refractivity contribution is 5.83. The van der Waals surface area contributed by atoms with Gasteiger partial charge in [0.25, 0.3) is 5.69 Å². The number of nitro groups is 2. The van der Waals surface area contributed by atoms with Crippen LogP contribution in [-0.2, 0) is 0 Å². The number of benzene rings is 1. The summed E-state index contributed by atoms with van der Waals surface area (Å²) in [5.41, 5.74) is 2.47. The van der Waals surface area contributed by atoms with Gasteiger partial charge in [-0.2, -0.15) is 5.10 Å². The van der Waals surface area contributed by atoms with Gasteiger partial charge in [0, 0.05) is 18.4 Å². The van der Waals surface area contributed by atoms with Crippen LogP contribution in [0.25, 0.3) is 0 Å². The fourth-order valence-electron chi connectivity index (χ4n) is 1.43. The monoisotopic (exact) mass is 282 g/mol. The summed E-state index contributed by atoms with van der Waals surface area (Å²) < 4.78 is 0. The molecule has 0 atom stereocenters. The molecule has 0 aliphatic carbocycles. The van der Waals surface area contributed by atoms with Gasteiger partial charge in [-0.05, 0) is 25.8 Å². The molecule has 0 aromatic heterocycles. The van der Waals surface area contributed by atoms with Gasteiger partial charge in [-0.15, -0.1) is 0 Å². The van der Waals surface area contributed by atoms with Crippen LogP contribution in [0.3, 0.4) is 0 Å². The Hall–Kier alpha value is -2.55. The molecule has 1 aromatic rings. The molecule has 0 unspecified atom stereocenters. The maximum Gasteiger partial charge on any atom is 0.301 e. The normalized spacial score (nSPS) is 11.2. The minimum atomic E-state index is -0.714. The molecule has 1 rings (SSSR count). The van der Waals surface area contributed by atoms with E-state index < -0.39 is 15.5 Å². The first-order valence-electron chi connectivity index (χ1n) is 5.78. The highest BCUT2D eigenvalue weighted by atomic mass is 16.6. The van der Waals surface area contributed by atoms with E-state index in [1.165, 1.54) is 6.07 Å². The van der Waals surface area contributed by atoms with E-state index in [1.54, 1.807) is 6.92 Å². The van der Waals surface area contributed by atoms with E-state index >= 15 is 0 Å². The van der Waals surface area contributed by atoms with Gasteiger partial charge < -0.3 is 5.11 Å². The third-order valence-corrected chi connectivity index (χ3v) is 2.45. The van der Waals surface area contributed by atoms with Crippen LogP contribution >= 0.6 is 0 Å². The van der Waals surface area contributed by atoms with Crippen molar-refractivity contribution in [3.8, 4) is 0 Å². The van der Waals surface area contributed by atoms with E-state index in [0.29, 0.717) is 18.6 Å². The third-order valence-electron chi connectivity index (χ3n) is 2.45. The van der Waals surface area contributed by atoms with Crippen LogP contribution in [0.5, 0.6) is 0 Å². The lowest BCUT2D eigenvalue weighted by molar-refractivity contribution is -0.393. The lowest BCUT2D eigenvalue weighted by atomic mass is 10.2. The summed E-state index contributed by atoms with van der Waals surface area (Å²) in [6.07, 6.45) is 1.09. The lowest BCUT2D eigenvalue weighted by Crippen LogP contribution is -2.02.